The Kier molecular flexibility index (Phi) is 3.98. The molecule has 4 nitrogen and oxygen atoms in total. The van der Waals surface area contributed by atoms with Crippen molar-refractivity contribution >= 4 is 10.0 Å². The molecule has 0 saturated heterocycles. The first-order valence-corrected chi connectivity index (χ1v) is 8.76. The summed E-state index contributed by atoms with van der Waals surface area (Å²) in [7, 11) is -3.49. The van der Waals surface area contributed by atoms with Crippen molar-refractivity contribution in [2.45, 2.75) is 45.6 Å². The largest absolute Gasteiger partial charge is 0.389 e. The molecule has 1 fully saturated rings. The molecule has 1 saturated carbocycles. The molecule has 1 aliphatic carbocycles. The molecule has 2 rings (SSSR count). The number of aliphatic hydroxyl groups is 1. The average Bonchev–Trinajstić information content (AvgIpc) is 2.77. The minimum Gasteiger partial charge on any atom is -0.389 e. The second kappa shape index (κ2) is 5.07. The van der Waals surface area contributed by atoms with Crippen LogP contribution < -0.4 is 4.72 Å². The van der Waals surface area contributed by atoms with Gasteiger partial charge < -0.3 is 5.11 Å². The van der Waals surface area contributed by atoms with Crippen LogP contribution in [-0.4, -0.2) is 20.1 Å². The SMILES string of the molecule is CC(O)c1ccc(S(=O)(=O)NCC2C(C)(C)C2(C)C)cc1. The first-order valence-electron chi connectivity index (χ1n) is 7.28. The highest BCUT2D eigenvalue weighted by Gasteiger charge is 2.64. The van der Waals surface area contributed by atoms with Crippen molar-refractivity contribution in [3.05, 3.63) is 29.8 Å². The van der Waals surface area contributed by atoms with E-state index in [9.17, 15) is 13.5 Å². The third kappa shape index (κ3) is 2.87. The fourth-order valence-corrected chi connectivity index (χ4v) is 4.09. The monoisotopic (exact) mass is 311 g/mol. The number of rotatable bonds is 5. The zero-order chi connectivity index (χ0) is 16.1. The molecule has 1 atom stereocenters. The molecular weight excluding hydrogens is 286 g/mol. The van der Waals surface area contributed by atoms with Crippen LogP contribution >= 0.6 is 0 Å². The van der Waals surface area contributed by atoms with Gasteiger partial charge in [-0.1, -0.05) is 39.8 Å². The molecule has 0 bridgehead atoms. The van der Waals surface area contributed by atoms with Gasteiger partial charge in [-0.2, -0.15) is 0 Å². The molecule has 1 aromatic carbocycles. The molecule has 1 unspecified atom stereocenters. The summed E-state index contributed by atoms with van der Waals surface area (Å²) in [5.41, 5.74) is 1.02. The highest BCUT2D eigenvalue weighted by atomic mass is 32.2. The predicted octanol–water partition coefficient (Wildman–Crippen LogP) is 2.70. The first-order chi connectivity index (χ1) is 9.50. The van der Waals surface area contributed by atoms with E-state index in [2.05, 4.69) is 32.4 Å². The van der Waals surface area contributed by atoms with Gasteiger partial charge in [0.25, 0.3) is 0 Å². The van der Waals surface area contributed by atoms with E-state index in [4.69, 9.17) is 0 Å². The fraction of sp³-hybridized carbons (Fsp3) is 0.625. The number of hydrogen-bond donors (Lipinski definition) is 2. The zero-order valence-electron chi connectivity index (χ0n) is 13.3. The maximum atomic E-state index is 12.3. The Hall–Kier alpha value is -0.910. The molecule has 0 spiro atoms. The van der Waals surface area contributed by atoms with Crippen LogP contribution in [0.4, 0.5) is 0 Å². The summed E-state index contributed by atoms with van der Waals surface area (Å²) < 4.78 is 27.3. The van der Waals surface area contributed by atoms with Gasteiger partial charge >= 0.3 is 0 Å². The summed E-state index contributed by atoms with van der Waals surface area (Å²) in [4.78, 5) is 0.239. The van der Waals surface area contributed by atoms with E-state index in [-0.39, 0.29) is 15.7 Å². The highest BCUT2D eigenvalue weighted by Crippen LogP contribution is 2.67. The second-order valence-electron chi connectivity index (χ2n) is 7.09. The highest BCUT2D eigenvalue weighted by molar-refractivity contribution is 7.89. The number of benzene rings is 1. The van der Waals surface area contributed by atoms with Gasteiger partial charge in [0, 0.05) is 6.54 Å². The van der Waals surface area contributed by atoms with E-state index in [0.29, 0.717) is 18.0 Å². The summed E-state index contributed by atoms with van der Waals surface area (Å²) in [6.07, 6.45) is -0.595. The van der Waals surface area contributed by atoms with E-state index < -0.39 is 16.1 Å². The topological polar surface area (TPSA) is 66.4 Å². The van der Waals surface area contributed by atoms with Crippen molar-refractivity contribution in [1.29, 1.82) is 0 Å². The van der Waals surface area contributed by atoms with Gasteiger partial charge in [0.05, 0.1) is 11.0 Å². The normalized spacial score (nSPS) is 22.0. The number of aliphatic hydroxyl groups excluding tert-OH is 1. The first kappa shape index (κ1) is 16.5. The van der Waals surface area contributed by atoms with Crippen molar-refractivity contribution in [3.63, 3.8) is 0 Å². The van der Waals surface area contributed by atoms with Crippen molar-refractivity contribution < 1.29 is 13.5 Å². The molecule has 0 aliphatic heterocycles. The molecule has 118 valence electrons. The van der Waals surface area contributed by atoms with Gasteiger partial charge in [0.2, 0.25) is 10.0 Å². The average molecular weight is 311 g/mol. The molecule has 0 aromatic heterocycles. The maximum absolute atomic E-state index is 12.3. The van der Waals surface area contributed by atoms with Gasteiger partial charge in [-0.05, 0) is 41.4 Å². The molecule has 5 heteroatoms. The van der Waals surface area contributed by atoms with Crippen LogP contribution in [0.1, 0.15) is 46.3 Å². The quantitative estimate of drug-likeness (QED) is 0.878. The lowest BCUT2D eigenvalue weighted by molar-refractivity contribution is 0.199. The minimum absolute atomic E-state index is 0.158. The lowest BCUT2D eigenvalue weighted by Crippen LogP contribution is -2.27. The summed E-state index contributed by atoms with van der Waals surface area (Å²) >= 11 is 0. The lowest BCUT2D eigenvalue weighted by Gasteiger charge is -2.09. The summed E-state index contributed by atoms with van der Waals surface area (Å²) in [5.74, 6) is 0.344. The summed E-state index contributed by atoms with van der Waals surface area (Å²) in [6, 6.07) is 6.36. The molecule has 1 aromatic rings. The van der Waals surface area contributed by atoms with Crippen molar-refractivity contribution in [2.24, 2.45) is 16.7 Å². The smallest absolute Gasteiger partial charge is 0.240 e. The molecule has 2 N–H and O–H groups in total. The predicted molar refractivity (Wildman–Crippen MR) is 83.3 cm³/mol. The Bertz CT molecular complexity index is 601. The second-order valence-corrected chi connectivity index (χ2v) is 8.86. The van der Waals surface area contributed by atoms with E-state index in [0.717, 1.165) is 0 Å². The number of sulfonamides is 1. The Labute approximate surface area is 127 Å². The fourth-order valence-electron chi connectivity index (χ4n) is 3.05. The number of hydrogen-bond acceptors (Lipinski definition) is 3. The van der Waals surface area contributed by atoms with Crippen LogP contribution in [0.3, 0.4) is 0 Å². The third-order valence-corrected chi connectivity index (χ3v) is 6.91. The van der Waals surface area contributed by atoms with Crippen LogP contribution in [0.15, 0.2) is 29.2 Å². The molecule has 1 aliphatic rings. The lowest BCUT2D eigenvalue weighted by atomic mass is 10.0. The van der Waals surface area contributed by atoms with Crippen molar-refractivity contribution in [3.8, 4) is 0 Å². The zero-order valence-corrected chi connectivity index (χ0v) is 14.2. The van der Waals surface area contributed by atoms with Crippen LogP contribution in [0, 0.1) is 16.7 Å². The molecule has 21 heavy (non-hydrogen) atoms. The Balaban J connectivity index is 2.06. The van der Waals surface area contributed by atoms with Gasteiger partial charge in [0.1, 0.15) is 0 Å². The molecular formula is C16H25NO3S. The van der Waals surface area contributed by atoms with E-state index in [1.54, 1.807) is 19.1 Å². The van der Waals surface area contributed by atoms with Crippen molar-refractivity contribution in [1.82, 2.24) is 4.72 Å². The van der Waals surface area contributed by atoms with Crippen LogP contribution in [0.5, 0.6) is 0 Å². The summed E-state index contributed by atoms with van der Waals surface area (Å²) in [6.45, 7) is 10.8. The van der Waals surface area contributed by atoms with Gasteiger partial charge in [-0.3, -0.25) is 0 Å². The maximum Gasteiger partial charge on any atom is 0.240 e. The van der Waals surface area contributed by atoms with Crippen LogP contribution in [0.2, 0.25) is 0 Å². The standard InChI is InChI=1S/C16H25NO3S/c1-11(18)12-6-8-13(9-7-12)21(19,20)17-10-14-15(2,3)16(14,4)5/h6-9,11,14,17-18H,10H2,1-5H3. The van der Waals surface area contributed by atoms with Crippen LogP contribution in [-0.2, 0) is 10.0 Å². The summed E-state index contributed by atoms with van der Waals surface area (Å²) in [5, 5.41) is 9.45. The molecule has 0 heterocycles. The van der Waals surface area contributed by atoms with Crippen molar-refractivity contribution in [2.75, 3.05) is 6.54 Å². The molecule has 0 amide bonds. The van der Waals surface area contributed by atoms with E-state index in [1.807, 2.05) is 0 Å². The Morgan fingerprint density at radius 1 is 1.14 bits per heavy atom. The minimum atomic E-state index is -3.49. The third-order valence-electron chi connectivity index (χ3n) is 5.47. The molecule has 0 radical (unpaired) electrons. The van der Waals surface area contributed by atoms with E-state index >= 15 is 0 Å². The Morgan fingerprint density at radius 3 is 2.00 bits per heavy atom. The van der Waals surface area contributed by atoms with Gasteiger partial charge in [-0.25, -0.2) is 13.1 Å². The van der Waals surface area contributed by atoms with Gasteiger partial charge in [-0.15, -0.1) is 0 Å². The Morgan fingerprint density at radius 2 is 1.62 bits per heavy atom. The van der Waals surface area contributed by atoms with Gasteiger partial charge in [0.15, 0.2) is 0 Å². The number of nitrogens with one attached hydrogen (secondary N) is 1. The van der Waals surface area contributed by atoms with E-state index in [1.165, 1.54) is 12.1 Å². The van der Waals surface area contributed by atoms with Crippen LogP contribution in [0.25, 0.3) is 0 Å².